The van der Waals surface area contributed by atoms with Gasteiger partial charge in [-0.05, 0) is 31.0 Å². The van der Waals surface area contributed by atoms with Gasteiger partial charge in [0.1, 0.15) is 11.5 Å². The summed E-state index contributed by atoms with van der Waals surface area (Å²) in [5.74, 6) is 0.448. The van der Waals surface area contributed by atoms with E-state index in [0.29, 0.717) is 30.3 Å². The summed E-state index contributed by atoms with van der Waals surface area (Å²) in [6.45, 7) is 5.25. The molecule has 0 amide bonds. The number of carboxylic acid groups (broad SMARTS) is 1. The minimum absolute atomic E-state index is 0.0532. The highest BCUT2D eigenvalue weighted by Gasteiger charge is 2.09. The zero-order chi connectivity index (χ0) is 13.4. The Balaban J connectivity index is 2.85. The normalized spacial score (nSPS) is 10.1. The summed E-state index contributed by atoms with van der Waals surface area (Å²) < 4.78 is 11.0. The van der Waals surface area contributed by atoms with Gasteiger partial charge in [-0.3, -0.25) is 4.79 Å². The Labute approximate surface area is 108 Å². The third-order valence-corrected chi connectivity index (χ3v) is 2.31. The maximum Gasteiger partial charge on any atom is 0.307 e. The Hall–Kier alpha value is -1.71. The average Bonchev–Trinajstić information content (AvgIpc) is 2.34. The second kappa shape index (κ2) is 7.58. The summed E-state index contributed by atoms with van der Waals surface area (Å²) in [4.78, 5) is 10.8. The van der Waals surface area contributed by atoms with E-state index in [1.165, 1.54) is 0 Å². The summed E-state index contributed by atoms with van der Waals surface area (Å²) in [6.07, 6.45) is 1.76. The van der Waals surface area contributed by atoms with E-state index < -0.39 is 5.97 Å². The van der Waals surface area contributed by atoms with Crippen molar-refractivity contribution in [1.29, 1.82) is 0 Å². The van der Waals surface area contributed by atoms with Crippen molar-refractivity contribution in [3.8, 4) is 11.5 Å². The van der Waals surface area contributed by atoms with Crippen LogP contribution in [-0.2, 0) is 11.2 Å². The van der Waals surface area contributed by atoms with E-state index in [2.05, 4.69) is 0 Å². The second-order valence-corrected chi connectivity index (χ2v) is 4.04. The van der Waals surface area contributed by atoms with Crippen LogP contribution in [0, 0.1) is 0 Å². The fourth-order valence-corrected chi connectivity index (χ4v) is 1.52. The van der Waals surface area contributed by atoms with Crippen LogP contribution in [0.4, 0.5) is 0 Å². The summed E-state index contributed by atoms with van der Waals surface area (Å²) in [6, 6.07) is 5.33. The molecule has 1 aromatic carbocycles. The summed E-state index contributed by atoms with van der Waals surface area (Å²) in [5.41, 5.74) is 0.657. The molecule has 0 saturated carbocycles. The minimum Gasteiger partial charge on any atom is -0.494 e. The fraction of sp³-hybridized carbons (Fsp3) is 0.500. The van der Waals surface area contributed by atoms with Gasteiger partial charge in [-0.1, -0.05) is 13.8 Å². The standard InChI is InChI=1S/C14H20O4/c1-3-7-17-12-5-6-13(18-8-4-2)11(9-12)10-14(15)16/h5-6,9H,3-4,7-8,10H2,1-2H3,(H,15,16). The molecule has 0 bridgehead atoms. The number of carbonyl (C=O) groups is 1. The summed E-state index contributed by atoms with van der Waals surface area (Å²) in [7, 11) is 0. The van der Waals surface area contributed by atoms with Crippen molar-refractivity contribution in [2.45, 2.75) is 33.1 Å². The molecule has 0 aliphatic carbocycles. The predicted molar refractivity (Wildman–Crippen MR) is 69.4 cm³/mol. The Morgan fingerprint density at radius 3 is 2.44 bits per heavy atom. The highest BCUT2D eigenvalue weighted by molar-refractivity contribution is 5.71. The molecule has 1 aromatic rings. The molecule has 1 N–H and O–H groups in total. The lowest BCUT2D eigenvalue weighted by Crippen LogP contribution is -2.05. The van der Waals surface area contributed by atoms with Crippen LogP contribution in [0.1, 0.15) is 32.3 Å². The number of benzene rings is 1. The minimum atomic E-state index is -0.871. The van der Waals surface area contributed by atoms with Crippen molar-refractivity contribution in [2.24, 2.45) is 0 Å². The van der Waals surface area contributed by atoms with E-state index in [-0.39, 0.29) is 6.42 Å². The quantitative estimate of drug-likeness (QED) is 0.773. The van der Waals surface area contributed by atoms with Crippen LogP contribution in [0.5, 0.6) is 11.5 Å². The molecule has 4 nitrogen and oxygen atoms in total. The Kier molecular flexibility index (Phi) is 6.05. The topological polar surface area (TPSA) is 55.8 Å². The van der Waals surface area contributed by atoms with Crippen LogP contribution in [0.25, 0.3) is 0 Å². The van der Waals surface area contributed by atoms with Crippen molar-refractivity contribution < 1.29 is 19.4 Å². The monoisotopic (exact) mass is 252 g/mol. The van der Waals surface area contributed by atoms with Crippen LogP contribution in [0.15, 0.2) is 18.2 Å². The smallest absolute Gasteiger partial charge is 0.307 e. The molecule has 0 spiro atoms. The van der Waals surface area contributed by atoms with Crippen LogP contribution in [0.2, 0.25) is 0 Å². The van der Waals surface area contributed by atoms with Crippen LogP contribution < -0.4 is 9.47 Å². The van der Waals surface area contributed by atoms with Crippen molar-refractivity contribution >= 4 is 5.97 Å². The zero-order valence-electron chi connectivity index (χ0n) is 10.9. The van der Waals surface area contributed by atoms with Crippen LogP contribution in [0.3, 0.4) is 0 Å². The van der Waals surface area contributed by atoms with Gasteiger partial charge in [0, 0.05) is 5.56 Å². The molecule has 18 heavy (non-hydrogen) atoms. The fourth-order valence-electron chi connectivity index (χ4n) is 1.52. The van der Waals surface area contributed by atoms with Gasteiger partial charge >= 0.3 is 5.97 Å². The summed E-state index contributed by atoms with van der Waals surface area (Å²) in [5, 5.41) is 8.89. The second-order valence-electron chi connectivity index (χ2n) is 4.04. The highest BCUT2D eigenvalue weighted by Crippen LogP contribution is 2.25. The Morgan fingerprint density at radius 2 is 1.83 bits per heavy atom. The van der Waals surface area contributed by atoms with Gasteiger partial charge in [-0.15, -0.1) is 0 Å². The first-order valence-corrected chi connectivity index (χ1v) is 6.27. The van der Waals surface area contributed by atoms with Gasteiger partial charge in [-0.2, -0.15) is 0 Å². The zero-order valence-corrected chi connectivity index (χ0v) is 10.9. The van der Waals surface area contributed by atoms with Gasteiger partial charge < -0.3 is 14.6 Å². The molecule has 100 valence electrons. The molecule has 0 aromatic heterocycles. The lowest BCUT2D eigenvalue weighted by molar-refractivity contribution is -0.136. The van der Waals surface area contributed by atoms with E-state index in [9.17, 15) is 4.79 Å². The first kappa shape index (κ1) is 14.4. The first-order chi connectivity index (χ1) is 8.67. The van der Waals surface area contributed by atoms with Gasteiger partial charge in [-0.25, -0.2) is 0 Å². The predicted octanol–water partition coefficient (Wildman–Crippen LogP) is 2.89. The number of rotatable bonds is 8. The van der Waals surface area contributed by atoms with Crippen molar-refractivity contribution in [3.05, 3.63) is 23.8 Å². The number of hydrogen-bond acceptors (Lipinski definition) is 3. The number of hydrogen-bond donors (Lipinski definition) is 1. The molecule has 0 unspecified atom stereocenters. The average molecular weight is 252 g/mol. The first-order valence-electron chi connectivity index (χ1n) is 6.27. The molecule has 1 rings (SSSR count). The van der Waals surface area contributed by atoms with Crippen LogP contribution in [-0.4, -0.2) is 24.3 Å². The van der Waals surface area contributed by atoms with Crippen LogP contribution >= 0.6 is 0 Å². The maximum absolute atomic E-state index is 10.8. The molecule has 0 fully saturated rings. The molecule has 0 saturated heterocycles. The van der Waals surface area contributed by atoms with E-state index in [1.807, 2.05) is 19.9 Å². The summed E-state index contributed by atoms with van der Waals surface area (Å²) >= 11 is 0. The number of carboxylic acids is 1. The Morgan fingerprint density at radius 1 is 1.17 bits per heavy atom. The maximum atomic E-state index is 10.8. The van der Waals surface area contributed by atoms with Crippen molar-refractivity contribution in [2.75, 3.05) is 13.2 Å². The third kappa shape index (κ3) is 4.65. The SMILES string of the molecule is CCCOc1ccc(OCCC)c(CC(=O)O)c1. The van der Waals surface area contributed by atoms with Crippen molar-refractivity contribution in [3.63, 3.8) is 0 Å². The number of ether oxygens (including phenoxy) is 2. The van der Waals surface area contributed by atoms with E-state index in [0.717, 1.165) is 12.8 Å². The molecule has 0 atom stereocenters. The number of aliphatic carboxylic acids is 1. The molecule has 0 radical (unpaired) electrons. The third-order valence-electron chi connectivity index (χ3n) is 2.31. The largest absolute Gasteiger partial charge is 0.494 e. The van der Waals surface area contributed by atoms with Gasteiger partial charge in [0.05, 0.1) is 19.6 Å². The highest BCUT2D eigenvalue weighted by atomic mass is 16.5. The lowest BCUT2D eigenvalue weighted by Gasteiger charge is -2.12. The molecular weight excluding hydrogens is 232 g/mol. The van der Waals surface area contributed by atoms with Gasteiger partial charge in [0.15, 0.2) is 0 Å². The van der Waals surface area contributed by atoms with E-state index >= 15 is 0 Å². The molecule has 4 heteroatoms. The molecule has 0 aliphatic rings. The van der Waals surface area contributed by atoms with E-state index in [4.69, 9.17) is 14.6 Å². The van der Waals surface area contributed by atoms with Gasteiger partial charge in [0.25, 0.3) is 0 Å². The lowest BCUT2D eigenvalue weighted by atomic mass is 10.1. The molecular formula is C14H20O4. The van der Waals surface area contributed by atoms with E-state index in [1.54, 1.807) is 12.1 Å². The Bertz CT molecular complexity index is 387. The van der Waals surface area contributed by atoms with Gasteiger partial charge in [0.2, 0.25) is 0 Å². The van der Waals surface area contributed by atoms with Crippen molar-refractivity contribution in [1.82, 2.24) is 0 Å². The molecule has 0 aliphatic heterocycles. The molecule has 0 heterocycles.